The number of hydrogen-bond acceptors (Lipinski definition) is 3. The van der Waals surface area contributed by atoms with Crippen LogP contribution in [0, 0.1) is 0 Å². The number of hydrogen-bond donors (Lipinski definition) is 0. The molecule has 0 aromatic heterocycles. The summed E-state index contributed by atoms with van der Waals surface area (Å²) in [6.07, 6.45) is -0.154. The summed E-state index contributed by atoms with van der Waals surface area (Å²) in [5, 5.41) is 0.380. The van der Waals surface area contributed by atoms with E-state index in [1.165, 1.54) is 6.07 Å². The predicted molar refractivity (Wildman–Crippen MR) is 98.4 cm³/mol. The van der Waals surface area contributed by atoms with Gasteiger partial charge in [0.25, 0.3) is 5.91 Å². The lowest BCUT2D eigenvalue weighted by Crippen LogP contribution is -2.43. The number of ether oxygens (including phenoxy) is 1. The number of para-hydroxylation sites is 1. The first kappa shape index (κ1) is 17.8. The standard InChI is InChI=1S/C19H17Cl2NO3/c1-11-10-13-6-3-4-9-16(13)22(11)18(23)12(2)25-19(24)14-7-5-8-15(20)17(14)21/h3-9,11-12H,10H2,1-2H3/t11-,12+/m0/s1. The fourth-order valence-corrected chi connectivity index (χ4v) is 3.41. The van der Waals surface area contributed by atoms with Crippen molar-refractivity contribution < 1.29 is 14.3 Å². The Labute approximate surface area is 156 Å². The molecule has 1 heterocycles. The minimum atomic E-state index is -0.934. The first-order valence-corrected chi connectivity index (χ1v) is 8.71. The first-order valence-electron chi connectivity index (χ1n) is 7.96. The van der Waals surface area contributed by atoms with Crippen LogP contribution in [0.15, 0.2) is 42.5 Å². The highest BCUT2D eigenvalue weighted by atomic mass is 35.5. The van der Waals surface area contributed by atoms with Crippen LogP contribution < -0.4 is 4.90 Å². The highest BCUT2D eigenvalue weighted by molar-refractivity contribution is 6.43. The predicted octanol–water partition coefficient (Wildman–Crippen LogP) is 4.52. The molecule has 6 heteroatoms. The summed E-state index contributed by atoms with van der Waals surface area (Å²) in [7, 11) is 0. The monoisotopic (exact) mass is 377 g/mol. The Morgan fingerprint density at radius 1 is 1.16 bits per heavy atom. The number of nitrogens with zero attached hydrogens (tertiary/aromatic N) is 1. The molecule has 0 aliphatic carbocycles. The molecule has 1 amide bonds. The van der Waals surface area contributed by atoms with Gasteiger partial charge in [0.05, 0.1) is 15.6 Å². The van der Waals surface area contributed by atoms with Gasteiger partial charge in [-0.3, -0.25) is 4.79 Å². The fourth-order valence-electron chi connectivity index (χ4n) is 3.03. The lowest BCUT2D eigenvalue weighted by Gasteiger charge is -2.26. The quantitative estimate of drug-likeness (QED) is 0.738. The molecule has 0 spiro atoms. The van der Waals surface area contributed by atoms with Crippen LogP contribution in [0.2, 0.25) is 10.0 Å². The number of benzene rings is 2. The maximum atomic E-state index is 12.8. The van der Waals surface area contributed by atoms with Gasteiger partial charge in [0.1, 0.15) is 0 Å². The van der Waals surface area contributed by atoms with E-state index < -0.39 is 12.1 Å². The van der Waals surface area contributed by atoms with E-state index in [1.54, 1.807) is 24.0 Å². The van der Waals surface area contributed by atoms with Gasteiger partial charge in [-0.2, -0.15) is 0 Å². The Morgan fingerprint density at radius 3 is 2.64 bits per heavy atom. The number of rotatable bonds is 3. The molecule has 130 valence electrons. The molecule has 0 unspecified atom stereocenters. The summed E-state index contributed by atoms with van der Waals surface area (Å²) in [5.74, 6) is -0.933. The van der Waals surface area contributed by atoms with Crippen molar-refractivity contribution in [1.82, 2.24) is 0 Å². The molecular formula is C19H17Cl2NO3. The average Bonchev–Trinajstić information content (AvgIpc) is 2.92. The van der Waals surface area contributed by atoms with Gasteiger partial charge in [-0.25, -0.2) is 4.79 Å². The zero-order valence-electron chi connectivity index (χ0n) is 13.8. The minimum Gasteiger partial charge on any atom is -0.449 e. The van der Waals surface area contributed by atoms with E-state index >= 15 is 0 Å². The number of fused-ring (bicyclic) bond motifs is 1. The largest absolute Gasteiger partial charge is 0.449 e. The second-order valence-corrected chi connectivity index (χ2v) is 6.82. The van der Waals surface area contributed by atoms with Gasteiger partial charge >= 0.3 is 5.97 Å². The maximum absolute atomic E-state index is 12.8. The van der Waals surface area contributed by atoms with Gasteiger partial charge in [-0.15, -0.1) is 0 Å². The molecule has 1 aliphatic heterocycles. The van der Waals surface area contributed by atoms with Crippen molar-refractivity contribution >= 4 is 40.8 Å². The Hall–Kier alpha value is -2.04. The molecule has 2 aromatic rings. The minimum absolute atomic E-state index is 0.0146. The lowest BCUT2D eigenvalue weighted by molar-refractivity contribution is -0.126. The van der Waals surface area contributed by atoms with Crippen molar-refractivity contribution in [3.8, 4) is 0 Å². The van der Waals surface area contributed by atoms with Crippen molar-refractivity contribution in [2.45, 2.75) is 32.4 Å². The van der Waals surface area contributed by atoms with Crippen molar-refractivity contribution in [1.29, 1.82) is 0 Å². The molecule has 0 N–H and O–H groups in total. The summed E-state index contributed by atoms with van der Waals surface area (Å²) in [5.41, 5.74) is 2.12. The zero-order chi connectivity index (χ0) is 18.1. The average molecular weight is 378 g/mol. The van der Waals surface area contributed by atoms with E-state index in [0.29, 0.717) is 0 Å². The summed E-state index contributed by atoms with van der Waals surface area (Å²) in [4.78, 5) is 26.9. The van der Waals surface area contributed by atoms with Gasteiger partial charge in [0.15, 0.2) is 6.10 Å². The highest BCUT2D eigenvalue weighted by Gasteiger charge is 2.34. The van der Waals surface area contributed by atoms with Crippen LogP contribution in [0.4, 0.5) is 5.69 Å². The van der Waals surface area contributed by atoms with E-state index in [9.17, 15) is 9.59 Å². The number of anilines is 1. The number of halogens is 2. The normalized spacial score (nSPS) is 17.1. The fraction of sp³-hybridized carbons (Fsp3) is 0.263. The zero-order valence-corrected chi connectivity index (χ0v) is 15.3. The van der Waals surface area contributed by atoms with E-state index in [0.717, 1.165) is 17.7 Å². The lowest BCUT2D eigenvalue weighted by atomic mass is 10.1. The second-order valence-electron chi connectivity index (χ2n) is 6.04. The van der Waals surface area contributed by atoms with Crippen molar-refractivity contribution in [2.75, 3.05) is 4.90 Å². The van der Waals surface area contributed by atoms with Crippen LogP contribution in [0.25, 0.3) is 0 Å². The van der Waals surface area contributed by atoms with E-state index in [-0.39, 0.29) is 27.6 Å². The van der Waals surface area contributed by atoms with Crippen LogP contribution >= 0.6 is 23.2 Å². The SMILES string of the molecule is C[C@@H](OC(=O)c1cccc(Cl)c1Cl)C(=O)N1c2ccccc2C[C@@H]1C. The van der Waals surface area contributed by atoms with E-state index in [2.05, 4.69) is 0 Å². The summed E-state index contributed by atoms with van der Waals surface area (Å²) < 4.78 is 5.34. The number of carbonyl (C=O) groups excluding carboxylic acids is 2. The van der Waals surface area contributed by atoms with Crippen molar-refractivity contribution in [3.63, 3.8) is 0 Å². The first-order chi connectivity index (χ1) is 11.9. The van der Waals surface area contributed by atoms with Gasteiger partial charge in [0.2, 0.25) is 0 Å². The molecule has 0 bridgehead atoms. The third-order valence-electron chi connectivity index (χ3n) is 4.25. The molecule has 2 aromatic carbocycles. The van der Waals surface area contributed by atoms with Crippen LogP contribution in [0.1, 0.15) is 29.8 Å². The van der Waals surface area contributed by atoms with Crippen molar-refractivity contribution in [3.05, 3.63) is 63.6 Å². The molecule has 4 nitrogen and oxygen atoms in total. The number of amides is 1. The van der Waals surface area contributed by atoms with Crippen LogP contribution in [0.3, 0.4) is 0 Å². The summed E-state index contributed by atoms with van der Waals surface area (Å²) in [6.45, 7) is 3.53. The maximum Gasteiger partial charge on any atom is 0.340 e. The number of esters is 1. The van der Waals surface area contributed by atoms with E-state index in [1.807, 2.05) is 31.2 Å². The topological polar surface area (TPSA) is 46.6 Å². The molecule has 0 saturated carbocycles. The molecule has 0 saturated heterocycles. The van der Waals surface area contributed by atoms with Crippen LogP contribution in [-0.2, 0) is 16.0 Å². The Balaban J connectivity index is 1.77. The number of carbonyl (C=O) groups is 2. The molecule has 1 aliphatic rings. The van der Waals surface area contributed by atoms with Gasteiger partial charge in [-0.05, 0) is 44.0 Å². The molecular weight excluding hydrogens is 361 g/mol. The highest BCUT2D eigenvalue weighted by Crippen LogP contribution is 2.33. The third-order valence-corrected chi connectivity index (χ3v) is 5.07. The molecule has 25 heavy (non-hydrogen) atoms. The Kier molecular flexibility index (Phi) is 5.02. The van der Waals surface area contributed by atoms with Crippen LogP contribution in [0.5, 0.6) is 0 Å². The Bertz CT molecular complexity index is 837. The van der Waals surface area contributed by atoms with E-state index in [4.69, 9.17) is 27.9 Å². The Morgan fingerprint density at radius 2 is 1.88 bits per heavy atom. The van der Waals surface area contributed by atoms with Gasteiger partial charge in [0, 0.05) is 11.7 Å². The van der Waals surface area contributed by atoms with Crippen LogP contribution in [-0.4, -0.2) is 24.0 Å². The summed E-state index contributed by atoms with van der Waals surface area (Å²) >= 11 is 12.0. The van der Waals surface area contributed by atoms with Gasteiger partial charge in [-0.1, -0.05) is 47.5 Å². The second kappa shape index (κ2) is 7.06. The molecule has 0 radical (unpaired) electrons. The third kappa shape index (κ3) is 3.37. The molecule has 0 fully saturated rings. The molecule has 2 atom stereocenters. The van der Waals surface area contributed by atoms with Gasteiger partial charge < -0.3 is 9.64 Å². The summed E-state index contributed by atoms with van der Waals surface area (Å²) in [6, 6.07) is 12.5. The molecule has 3 rings (SSSR count). The smallest absolute Gasteiger partial charge is 0.340 e. The van der Waals surface area contributed by atoms with Crippen molar-refractivity contribution in [2.24, 2.45) is 0 Å².